The van der Waals surface area contributed by atoms with Gasteiger partial charge in [0.05, 0.1) is 0 Å². The molecule has 1 aliphatic heterocycles. The lowest BCUT2D eigenvalue weighted by atomic mass is 9.99. The monoisotopic (exact) mass is 224 g/mol. The molecular weight excluding hydrogens is 200 g/mol. The average molecular weight is 224 g/mol. The molecule has 92 valence electrons. The molecule has 0 aromatic heterocycles. The van der Waals surface area contributed by atoms with Gasteiger partial charge in [0.2, 0.25) is 0 Å². The molecule has 0 unspecified atom stereocenters. The number of nitrogens with zero attached hydrogens (tertiary/aromatic N) is 2. The van der Waals surface area contributed by atoms with Gasteiger partial charge in [0.25, 0.3) is 0 Å². The highest BCUT2D eigenvalue weighted by Gasteiger charge is 2.23. The van der Waals surface area contributed by atoms with Gasteiger partial charge in [-0.05, 0) is 32.6 Å². The highest BCUT2D eigenvalue weighted by molar-refractivity contribution is 5.74. The van der Waals surface area contributed by atoms with E-state index in [2.05, 4.69) is 13.5 Å². The normalized spacial score (nSPS) is 17.3. The molecule has 0 aromatic carbocycles. The number of urea groups is 1. The Morgan fingerprint density at radius 2 is 2.00 bits per heavy atom. The summed E-state index contributed by atoms with van der Waals surface area (Å²) in [5, 5.41) is 0. The maximum absolute atomic E-state index is 12.2. The molecule has 0 aliphatic carbocycles. The maximum Gasteiger partial charge on any atom is 0.320 e. The molecule has 3 heteroatoms. The molecule has 1 heterocycles. The number of piperidine rings is 1. The van der Waals surface area contributed by atoms with E-state index in [4.69, 9.17) is 0 Å². The van der Waals surface area contributed by atoms with Crippen molar-refractivity contribution in [3.63, 3.8) is 0 Å². The van der Waals surface area contributed by atoms with E-state index in [1.165, 1.54) is 0 Å². The first-order chi connectivity index (χ1) is 7.54. The largest absolute Gasteiger partial charge is 0.325 e. The summed E-state index contributed by atoms with van der Waals surface area (Å²) >= 11 is 0. The van der Waals surface area contributed by atoms with E-state index in [0.717, 1.165) is 44.0 Å². The van der Waals surface area contributed by atoms with Crippen molar-refractivity contribution in [3.8, 4) is 0 Å². The molecule has 1 fully saturated rings. The fourth-order valence-corrected chi connectivity index (χ4v) is 2.04. The Bertz CT molecular complexity index is 255. The second-order valence-electron chi connectivity index (χ2n) is 4.92. The van der Waals surface area contributed by atoms with Crippen LogP contribution in [0.1, 0.15) is 33.6 Å². The van der Waals surface area contributed by atoms with Gasteiger partial charge in [-0.2, -0.15) is 0 Å². The molecule has 0 spiro atoms. The summed E-state index contributed by atoms with van der Waals surface area (Å²) in [6.07, 6.45) is 2.27. The average Bonchev–Trinajstić information content (AvgIpc) is 2.25. The molecule has 0 bridgehead atoms. The third-order valence-corrected chi connectivity index (χ3v) is 3.17. The van der Waals surface area contributed by atoms with Crippen LogP contribution in [0.5, 0.6) is 0 Å². The van der Waals surface area contributed by atoms with Crippen molar-refractivity contribution < 1.29 is 4.79 Å². The maximum atomic E-state index is 12.2. The summed E-state index contributed by atoms with van der Waals surface area (Å²) in [5.41, 5.74) is 1.04. The number of likely N-dealkylation sites (N-methyl/N-ethyl adjacent to an activating group) is 1. The molecule has 0 saturated carbocycles. The van der Waals surface area contributed by atoms with Crippen LogP contribution in [0.3, 0.4) is 0 Å². The summed E-state index contributed by atoms with van der Waals surface area (Å²) < 4.78 is 0. The fraction of sp³-hybridized carbons (Fsp3) is 0.769. The minimum Gasteiger partial charge on any atom is -0.325 e. The second kappa shape index (κ2) is 5.92. The van der Waals surface area contributed by atoms with Crippen LogP contribution < -0.4 is 0 Å². The van der Waals surface area contributed by atoms with E-state index in [0.29, 0.717) is 6.54 Å². The zero-order chi connectivity index (χ0) is 12.1. The summed E-state index contributed by atoms with van der Waals surface area (Å²) in [7, 11) is 0. The number of carbonyl (C=O) groups is 1. The van der Waals surface area contributed by atoms with Gasteiger partial charge >= 0.3 is 6.03 Å². The molecule has 3 nitrogen and oxygen atoms in total. The standard InChI is InChI=1S/C13H24N2O/c1-5-14(10-11(2)3)13(16)15-8-6-12(4)7-9-15/h12H,2,5-10H2,1,3-4H3. The predicted molar refractivity (Wildman–Crippen MR) is 67.4 cm³/mol. The number of carbonyl (C=O) groups excluding carboxylic acids is 1. The van der Waals surface area contributed by atoms with Crippen molar-refractivity contribution in [2.24, 2.45) is 5.92 Å². The first kappa shape index (κ1) is 13.1. The Morgan fingerprint density at radius 3 is 2.44 bits per heavy atom. The fourth-order valence-electron chi connectivity index (χ4n) is 2.04. The van der Waals surface area contributed by atoms with E-state index >= 15 is 0 Å². The van der Waals surface area contributed by atoms with Gasteiger partial charge in [-0.1, -0.05) is 19.1 Å². The number of rotatable bonds is 3. The lowest BCUT2D eigenvalue weighted by Gasteiger charge is -2.34. The van der Waals surface area contributed by atoms with Crippen LogP contribution in [0.2, 0.25) is 0 Å². The predicted octanol–water partition coefficient (Wildman–Crippen LogP) is 2.74. The van der Waals surface area contributed by atoms with Crippen molar-refractivity contribution in [3.05, 3.63) is 12.2 Å². The minimum atomic E-state index is 0.178. The molecule has 0 aromatic rings. The molecule has 0 radical (unpaired) electrons. The number of hydrogen-bond acceptors (Lipinski definition) is 1. The molecule has 1 aliphatic rings. The van der Waals surface area contributed by atoms with Gasteiger partial charge in [0.15, 0.2) is 0 Å². The van der Waals surface area contributed by atoms with Crippen molar-refractivity contribution in [2.45, 2.75) is 33.6 Å². The molecule has 16 heavy (non-hydrogen) atoms. The van der Waals surface area contributed by atoms with Gasteiger partial charge in [0, 0.05) is 26.2 Å². The molecule has 1 rings (SSSR count). The Kier molecular flexibility index (Phi) is 4.84. The topological polar surface area (TPSA) is 23.6 Å². The highest BCUT2D eigenvalue weighted by atomic mass is 16.2. The highest BCUT2D eigenvalue weighted by Crippen LogP contribution is 2.17. The Morgan fingerprint density at radius 1 is 1.44 bits per heavy atom. The van der Waals surface area contributed by atoms with Gasteiger partial charge in [-0.15, -0.1) is 0 Å². The van der Waals surface area contributed by atoms with Crippen molar-refractivity contribution >= 4 is 6.03 Å². The van der Waals surface area contributed by atoms with E-state index in [1.807, 2.05) is 23.6 Å². The Hall–Kier alpha value is -0.990. The quantitative estimate of drug-likeness (QED) is 0.676. The molecule has 2 amide bonds. The first-order valence-corrected chi connectivity index (χ1v) is 6.22. The van der Waals surface area contributed by atoms with E-state index in [-0.39, 0.29) is 6.03 Å². The lowest BCUT2D eigenvalue weighted by Crippen LogP contribution is -2.46. The summed E-state index contributed by atoms with van der Waals surface area (Å²) in [6, 6.07) is 0.178. The molecule has 1 saturated heterocycles. The molecule has 0 N–H and O–H groups in total. The molecular formula is C13H24N2O. The smallest absolute Gasteiger partial charge is 0.320 e. The Labute approximate surface area is 99.1 Å². The minimum absolute atomic E-state index is 0.178. The van der Waals surface area contributed by atoms with Crippen LogP contribution in [0.4, 0.5) is 4.79 Å². The third kappa shape index (κ3) is 3.54. The number of likely N-dealkylation sites (tertiary alicyclic amines) is 1. The van der Waals surface area contributed by atoms with E-state index in [9.17, 15) is 4.79 Å². The van der Waals surface area contributed by atoms with Crippen LogP contribution in [-0.2, 0) is 0 Å². The van der Waals surface area contributed by atoms with Crippen LogP contribution in [-0.4, -0.2) is 42.0 Å². The third-order valence-electron chi connectivity index (χ3n) is 3.17. The zero-order valence-corrected chi connectivity index (χ0v) is 10.8. The van der Waals surface area contributed by atoms with Crippen LogP contribution in [0.25, 0.3) is 0 Å². The van der Waals surface area contributed by atoms with Gasteiger partial charge in [-0.25, -0.2) is 4.79 Å². The summed E-state index contributed by atoms with van der Waals surface area (Å²) in [4.78, 5) is 16.0. The second-order valence-corrected chi connectivity index (χ2v) is 4.92. The van der Waals surface area contributed by atoms with Crippen LogP contribution in [0.15, 0.2) is 12.2 Å². The Balaban J connectivity index is 2.51. The first-order valence-electron chi connectivity index (χ1n) is 6.22. The number of amides is 2. The van der Waals surface area contributed by atoms with Crippen molar-refractivity contribution in [1.82, 2.24) is 9.80 Å². The van der Waals surface area contributed by atoms with Crippen LogP contribution in [0, 0.1) is 5.92 Å². The van der Waals surface area contributed by atoms with Gasteiger partial charge in [-0.3, -0.25) is 0 Å². The van der Waals surface area contributed by atoms with E-state index in [1.54, 1.807) is 0 Å². The molecule has 0 atom stereocenters. The SMILES string of the molecule is C=C(C)CN(CC)C(=O)N1CCC(C)CC1. The summed E-state index contributed by atoms with van der Waals surface area (Å²) in [5.74, 6) is 0.764. The summed E-state index contributed by atoms with van der Waals surface area (Å²) in [6.45, 7) is 13.4. The van der Waals surface area contributed by atoms with Gasteiger partial charge in [0.1, 0.15) is 0 Å². The van der Waals surface area contributed by atoms with E-state index < -0.39 is 0 Å². The van der Waals surface area contributed by atoms with Crippen molar-refractivity contribution in [1.29, 1.82) is 0 Å². The van der Waals surface area contributed by atoms with Crippen LogP contribution >= 0.6 is 0 Å². The number of hydrogen-bond donors (Lipinski definition) is 0. The lowest BCUT2D eigenvalue weighted by molar-refractivity contribution is 0.139. The van der Waals surface area contributed by atoms with Gasteiger partial charge < -0.3 is 9.80 Å². The van der Waals surface area contributed by atoms with Crippen molar-refractivity contribution in [2.75, 3.05) is 26.2 Å². The zero-order valence-electron chi connectivity index (χ0n) is 10.8.